The number of rotatable bonds is 8. The highest BCUT2D eigenvalue weighted by Gasteiger charge is 2.19. The minimum atomic E-state index is -3.49. The van der Waals surface area contributed by atoms with Crippen LogP contribution < -0.4 is 5.43 Å². The molecule has 0 aliphatic heterocycles. The van der Waals surface area contributed by atoms with Crippen LogP contribution in [0.3, 0.4) is 0 Å². The molecule has 25 heavy (non-hydrogen) atoms. The van der Waals surface area contributed by atoms with Gasteiger partial charge in [0.2, 0.25) is 10.0 Å². The number of sulfonamides is 1. The Balaban J connectivity index is 1.90. The van der Waals surface area contributed by atoms with Crippen molar-refractivity contribution in [1.29, 1.82) is 0 Å². The predicted octanol–water partition coefficient (Wildman–Crippen LogP) is 1.64. The van der Waals surface area contributed by atoms with Crippen molar-refractivity contribution in [3.63, 3.8) is 0 Å². The van der Waals surface area contributed by atoms with E-state index >= 15 is 0 Å². The molecule has 0 fully saturated rings. The molecule has 0 saturated carbocycles. The molecule has 0 heterocycles. The lowest BCUT2D eigenvalue weighted by molar-refractivity contribution is -0.121. The highest BCUT2D eigenvalue weighted by atomic mass is 32.2. The second-order valence-corrected chi connectivity index (χ2v) is 7.52. The zero-order valence-electron chi connectivity index (χ0n) is 14.0. The van der Waals surface area contributed by atoms with Gasteiger partial charge in [-0.3, -0.25) is 4.79 Å². The predicted molar refractivity (Wildman–Crippen MR) is 98.7 cm³/mol. The van der Waals surface area contributed by atoms with Crippen molar-refractivity contribution in [2.45, 2.75) is 6.42 Å². The van der Waals surface area contributed by atoms with Crippen LogP contribution in [0.5, 0.6) is 0 Å². The fourth-order valence-corrected chi connectivity index (χ4v) is 2.95. The first-order chi connectivity index (χ1) is 11.9. The second-order valence-electron chi connectivity index (χ2n) is 5.54. The number of carbonyl (C=O) groups is 1. The monoisotopic (exact) mass is 359 g/mol. The lowest BCUT2D eigenvalue weighted by Crippen LogP contribution is -2.40. The minimum absolute atomic E-state index is 0.235. The molecule has 0 unspecified atom stereocenters. The van der Waals surface area contributed by atoms with Gasteiger partial charge in [-0.1, -0.05) is 60.7 Å². The summed E-state index contributed by atoms with van der Waals surface area (Å²) in [5.41, 5.74) is 4.21. The van der Waals surface area contributed by atoms with E-state index in [1.807, 2.05) is 60.7 Å². The van der Waals surface area contributed by atoms with Gasteiger partial charge in [0.1, 0.15) is 0 Å². The fraction of sp³-hybridized carbons (Fsp3) is 0.222. The number of carbonyl (C=O) groups excluding carboxylic acids is 1. The van der Waals surface area contributed by atoms with Gasteiger partial charge in [0, 0.05) is 6.54 Å². The Hall–Kier alpha value is -2.51. The third-order valence-corrected chi connectivity index (χ3v) is 4.73. The standard InChI is InChI=1S/C18H21N3O3S/c1-25(23,24)21(13-12-16-8-4-2-5-9-16)15-18(22)20-19-14-17-10-6-3-7-11-17/h2-11,14H,12-13,15H2,1H3,(H,20,22)/b19-14+. The summed E-state index contributed by atoms with van der Waals surface area (Å²) in [4.78, 5) is 12.0. The van der Waals surface area contributed by atoms with Crippen molar-refractivity contribution in [1.82, 2.24) is 9.73 Å². The quantitative estimate of drug-likeness (QED) is 0.575. The molecular weight excluding hydrogens is 338 g/mol. The highest BCUT2D eigenvalue weighted by Crippen LogP contribution is 2.04. The molecular formula is C18H21N3O3S. The molecule has 2 aromatic rings. The normalized spacial score (nSPS) is 11.8. The Kier molecular flexibility index (Phi) is 6.85. The SMILES string of the molecule is CS(=O)(=O)N(CCc1ccccc1)CC(=O)N/N=C/c1ccccc1. The van der Waals surface area contributed by atoms with Gasteiger partial charge in [0.05, 0.1) is 19.0 Å². The molecule has 7 heteroatoms. The summed E-state index contributed by atoms with van der Waals surface area (Å²) >= 11 is 0. The number of amides is 1. The Morgan fingerprint density at radius 2 is 1.68 bits per heavy atom. The summed E-state index contributed by atoms with van der Waals surface area (Å²) in [7, 11) is -3.49. The van der Waals surface area contributed by atoms with Crippen LogP contribution in [0.2, 0.25) is 0 Å². The number of benzene rings is 2. The topological polar surface area (TPSA) is 78.8 Å². The average Bonchev–Trinajstić information content (AvgIpc) is 2.59. The van der Waals surface area contributed by atoms with E-state index < -0.39 is 15.9 Å². The van der Waals surface area contributed by atoms with Crippen molar-refractivity contribution in [3.8, 4) is 0 Å². The van der Waals surface area contributed by atoms with Gasteiger partial charge < -0.3 is 0 Å². The molecule has 2 rings (SSSR count). The number of nitrogens with zero attached hydrogens (tertiary/aromatic N) is 2. The molecule has 0 saturated heterocycles. The van der Waals surface area contributed by atoms with Crippen molar-refractivity contribution < 1.29 is 13.2 Å². The maximum atomic E-state index is 12.0. The van der Waals surface area contributed by atoms with Gasteiger partial charge >= 0.3 is 0 Å². The van der Waals surface area contributed by atoms with E-state index in [0.29, 0.717) is 6.42 Å². The first-order valence-electron chi connectivity index (χ1n) is 7.81. The van der Waals surface area contributed by atoms with Crippen molar-refractivity contribution in [3.05, 3.63) is 71.8 Å². The largest absolute Gasteiger partial charge is 0.272 e. The summed E-state index contributed by atoms with van der Waals surface area (Å²) in [5.74, 6) is -0.481. The zero-order chi connectivity index (χ0) is 18.1. The summed E-state index contributed by atoms with van der Waals surface area (Å²) in [6.07, 6.45) is 3.14. The van der Waals surface area contributed by atoms with Gasteiger partial charge in [-0.15, -0.1) is 0 Å². The molecule has 0 bridgehead atoms. The summed E-state index contributed by atoms with van der Waals surface area (Å²) in [6, 6.07) is 18.8. The van der Waals surface area contributed by atoms with Gasteiger partial charge in [-0.25, -0.2) is 13.8 Å². The molecule has 0 radical (unpaired) electrons. The Bertz CT molecular complexity index is 806. The Morgan fingerprint density at radius 1 is 1.08 bits per heavy atom. The molecule has 1 N–H and O–H groups in total. The molecule has 0 aliphatic carbocycles. The third-order valence-electron chi connectivity index (χ3n) is 3.48. The first-order valence-corrected chi connectivity index (χ1v) is 9.66. The zero-order valence-corrected chi connectivity index (χ0v) is 14.8. The number of hydrazone groups is 1. The number of nitrogens with one attached hydrogen (secondary N) is 1. The molecule has 0 aliphatic rings. The van der Waals surface area contributed by atoms with Crippen molar-refractivity contribution in [2.24, 2.45) is 5.10 Å². The van der Waals surface area contributed by atoms with Crippen LogP contribution in [0.1, 0.15) is 11.1 Å². The molecule has 0 aromatic heterocycles. The molecule has 132 valence electrons. The second kappa shape index (κ2) is 9.10. The van der Waals surface area contributed by atoms with Crippen LogP contribution in [-0.2, 0) is 21.2 Å². The molecule has 0 spiro atoms. The smallest absolute Gasteiger partial charge is 0.255 e. The van der Waals surface area contributed by atoms with Gasteiger partial charge in [-0.2, -0.15) is 9.41 Å². The van der Waals surface area contributed by atoms with E-state index in [1.54, 1.807) is 0 Å². The lowest BCUT2D eigenvalue weighted by Gasteiger charge is -2.18. The van der Waals surface area contributed by atoms with E-state index in [2.05, 4.69) is 10.5 Å². The average molecular weight is 359 g/mol. The van der Waals surface area contributed by atoms with E-state index in [0.717, 1.165) is 21.7 Å². The van der Waals surface area contributed by atoms with Crippen LogP contribution in [-0.4, -0.2) is 44.2 Å². The van der Waals surface area contributed by atoms with Crippen LogP contribution in [0.25, 0.3) is 0 Å². The molecule has 6 nitrogen and oxygen atoms in total. The van der Waals surface area contributed by atoms with Crippen molar-refractivity contribution in [2.75, 3.05) is 19.3 Å². The molecule has 0 atom stereocenters. The third kappa shape index (κ3) is 6.86. The van der Waals surface area contributed by atoms with Crippen LogP contribution in [0.15, 0.2) is 65.8 Å². The highest BCUT2D eigenvalue weighted by molar-refractivity contribution is 7.88. The number of hydrogen-bond donors (Lipinski definition) is 1. The maximum Gasteiger partial charge on any atom is 0.255 e. The van der Waals surface area contributed by atoms with E-state index in [1.165, 1.54) is 6.21 Å². The first kappa shape index (κ1) is 18.8. The minimum Gasteiger partial charge on any atom is -0.272 e. The van der Waals surface area contributed by atoms with E-state index in [-0.39, 0.29) is 13.1 Å². The molecule has 1 amide bonds. The molecule has 2 aromatic carbocycles. The summed E-state index contributed by atoms with van der Waals surface area (Å²) < 4.78 is 24.9. The van der Waals surface area contributed by atoms with Crippen LogP contribution in [0, 0.1) is 0 Å². The lowest BCUT2D eigenvalue weighted by atomic mass is 10.1. The maximum absolute atomic E-state index is 12.0. The van der Waals surface area contributed by atoms with Crippen molar-refractivity contribution >= 4 is 22.1 Å². The van der Waals surface area contributed by atoms with Crippen LogP contribution >= 0.6 is 0 Å². The van der Waals surface area contributed by atoms with E-state index in [9.17, 15) is 13.2 Å². The van der Waals surface area contributed by atoms with Gasteiger partial charge in [-0.05, 0) is 17.5 Å². The summed E-state index contributed by atoms with van der Waals surface area (Å²) in [5, 5.41) is 3.85. The fourth-order valence-electron chi connectivity index (χ4n) is 2.17. The number of hydrogen-bond acceptors (Lipinski definition) is 4. The van der Waals surface area contributed by atoms with E-state index in [4.69, 9.17) is 0 Å². The van der Waals surface area contributed by atoms with Gasteiger partial charge in [0.25, 0.3) is 5.91 Å². The Labute approximate surface area is 148 Å². The van der Waals surface area contributed by atoms with Crippen LogP contribution in [0.4, 0.5) is 0 Å². The summed E-state index contributed by atoms with van der Waals surface area (Å²) in [6.45, 7) is -0.0313. The Morgan fingerprint density at radius 3 is 2.28 bits per heavy atom. The van der Waals surface area contributed by atoms with Gasteiger partial charge in [0.15, 0.2) is 0 Å².